The number of amides is 1. The number of hydrogen-bond acceptors (Lipinski definition) is 3. The van der Waals surface area contributed by atoms with Gasteiger partial charge in [-0.3, -0.25) is 16.1 Å². The molecule has 1 rings (SSSR count). The van der Waals surface area contributed by atoms with Gasteiger partial charge in [-0.25, -0.2) is 4.79 Å². The molecule has 104 valence electrons. The van der Waals surface area contributed by atoms with E-state index in [1.165, 1.54) is 4.90 Å². The Morgan fingerprint density at radius 2 is 2.21 bits per heavy atom. The van der Waals surface area contributed by atoms with Crippen LogP contribution in [0.3, 0.4) is 0 Å². The minimum Gasteiger partial charge on any atom is -0.465 e. The Labute approximate surface area is 112 Å². The van der Waals surface area contributed by atoms with Gasteiger partial charge in [0.2, 0.25) is 0 Å². The number of carbonyl (C=O) groups is 1. The highest BCUT2D eigenvalue weighted by atomic mass is 16.5. The van der Waals surface area contributed by atoms with Crippen molar-refractivity contribution in [2.75, 3.05) is 0 Å². The first kappa shape index (κ1) is 15.0. The Bertz CT molecular complexity index is 462. The Kier molecular flexibility index (Phi) is 5.32. The molecule has 1 atom stereocenters. The molecule has 6 heteroatoms. The molecule has 1 aromatic carbocycles. The number of carboxylic acid groups (broad SMARTS) is 1. The van der Waals surface area contributed by atoms with Crippen molar-refractivity contribution in [3.63, 3.8) is 0 Å². The summed E-state index contributed by atoms with van der Waals surface area (Å²) >= 11 is 0. The SMILES string of the molecule is CCC(C)N(Cc1cccc(C(=N)NO)c1)C(=O)O. The van der Waals surface area contributed by atoms with Crippen LogP contribution >= 0.6 is 0 Å². The van der Waals surface area contributed by atoms with E-state index in [0.29, 0.717) is 5.56 Å². The van der Waals surface area contributed by atoms with Gasteiger partial charge in [-0.2, -0.15) is 0 Å². The van der Waals surface area contributed by atoms with Gasteiger partial charge < -0.3 is 10.0 Å². The summed E-state index contributed by atoms with van der Waals surface area (Å²) in [4.78, 5) is 12.6. The number of hydrogen-bond donors (Lipinski definition) is 4. The second-order valence-electron chi connectivity index (χ2n) is 4.35. The molecule has 0 saturated carbocycles. The summed E-state index contributed by atoms with van der Waals surface area (Å²) in [5.41, 5.74) is 3.06. The van der Waals surface area contributed by atoms with Crippen molar-refractivity contribution >= 4 is 11.9 Å². The standard InChI is InChI=1S/C13H19N3O3/c1-3-9(2)16(13(17)18)8-10-5-4-6-11(7-10)12(14)15-19/h4-7,9,19H,3,8H2,1-2H3,(H2,14,15)(H,17,18). The molecule has 1 unspecified atom stereocenters. The third-order valence-corrected chi connectivity index (χ3v) is 3.05. The van der Waals surface area contributed by atoms with E-state index in [2.05, 4.69) is 0 Å². The van der Waals surface area contributed by atoms with E-state index in [0.717, 1.165) is 12.0 Å². The third-order valence-electron chi connectivity index (χ3n) is 3.05. The van der Waals surface area contributed by atoms with Crippen LogP contribution in [0.15, 0.2) is 24.3 Å². The summed E-state index contributed by atoms with van der Waals surface area (Å²) < 4.78 is 0. The van der Waals surface area contributed by atoms with Gasteiger partial charge in [-0.15, -0.1) is 0 Å². The lowest BCUT2D eigenvalue weighted by Gasteiger charge is -2.25. The highest BCUT2D eigenvalue weighted by molar-refractivity contribution is 5.95. The van der Waals surface area contributed by atoms with Gasteiger partial charge in [-0.05, 0) is 25.0 Å². The van der Waals surface area contributed by atoms with Gasteiger partial charge in [-0.1, -0.05) is 25.1 Å². The zero-order valence-corrected chi connectivity index (χ0v) is 11.1. The maximum atomic E-state index is 11.2. The summed E-state index contributed by atoms with van der Waals surface area (Å²) in [7, 11) is 0. The number of benzene rings is 1. The topological polar surface area (TPSA) is 96.7 Å². The van der Waals surface area contributed by atoms with Crippen LogP contribution in [0.2, 0.25) is 0 Å². The molecule has 19 heavy (non-hydrogen) atoms. The van der Waals surface area contributed by atoms with Crippen LogP contribution in [0.25, 0.3) is 0 Å². The van der Waals surface area contributed by atoms with E-state index >= 15 is 0 Å². The predicted molar refractivity (Wildman–Crippen MR) is 71.5 cm³/mol. The van der Waals surface area contributed by atoms with Gasteiger partial charge in [0.1, 0.15) is 5.84 Å². The Balaban J connectivity index is 2.91. The summed E-state index contributed by atoms with van der Waals surface area (Å²) in [6, 6.07) is 6.81. The number of nitrogens with zero attached hydrogens (tertiary/aromatic N) is 1. The smallest absolute Gasteiger partial charge is 0.407 e. The molecule has 4 N–H and O–H groups in total. The second kappa shape index (κ2) is 6.75. The summed E-state index contributed by atoms with van der Waals surface area (Å²) in [6.07, 6.45) is -0.227. The number of amidine groups is 1. The summed E-state index contributed by atoms with van der Waals surface area (Å²) in [5, 5.41) is 25.4. The minimum absolute atomic E-state index is 0.0726. The van der Waals surface area contributed by atoms with Crippen molar-refractivity contribution in [3.8, 4) is 0 Å². The van der Waals surface area contributed by atoms with Gasteiger partial charge in [0, 0.05) is 18.2 Å². The molecular formula is C13H19N3O3. The molecule has 0 heterocycles. The van der Waals surface area contributed by atoms with Crippen molar-refractivity contribution < 1.29 is 15.1 Å². The quantitative estimate of drug-likeness (QED) is 0.373. The average molecular weight is 265 g/mol. The van der Waals surface area contributed by atoms with E-state index in [4.69, 9.17) is 10.6 Å². The lowest BCUT2D eigenvalue weighted by atomic mass is 10.1. The van der Waals surface area contributed by atoms with E-state index in [-0.39, 0.29) is 18.4 Å². The van der Waals surface area contributed by atoms with Crippen molar-refractivity contribution in [2.45, 2.75) is 32.9 Å². The Morgan fingerprint density at radius 1 is 1.53 bits per heavy atom. The van der Waals surface area contributed by atoms with E-state index in [1.54, 1.807) is 29.7 Å². The molecule has 6 nitrogen and oxygen atoms in total. The normalized spacial score (nSPS) is 11.7. The molecule has 0 aliphatic heterocycles. The molecular weight excluding hydrogens is 246 g/mol. The molecule has 1 amide bonds. The molecule has 0 saturated heterocycles. The van der Waals surface area contributed by atoms with Crippen LogP contribution in [0.1, 0.15) is 31.4 Å². The third kappa shape index (κ3) is 3.96. The molecule has 0 bridgehead atoms. The first-order chi connectivity index (χ1) is 8.99. The van der Waals surface area contributed by atoms with Crippen LogP contribution < -0.4 is 5.48 Å². The second-order valence-corrected chi connectivity index (χ2v) is 4.35. The van der Waals surface area contributed by atoms with Crippen LogP contribution in [0, 0.1) is 5.41 Å². The number of hydroxylamine groups is 1. The molecule has 0 aliphatic carbocycles. The zero-order valence-electron chi connectivity index (χ0n) is 11.1. The van der Waals surface area contributed by atoms with Crippen LogP contribution in [-0.4, -0.2) is 33.2 Å². The average Bonchev–Trinajstić information content (AvgIpc) is 2.43. The van der Waals surface area contributed by atoms with E-state index in [9.17, 15) is 9.90 Å². The van der Waals surface area contributed by atoms with Gasteiger partial charge in [0.25, 0.3) is 0 Å². The van der Waals surface area contributed by atoms with Gasteiger partial charge in [0.05, 0.1) is 0 Å². The van der Waals surface area contributed by atoms with Crippen LogP contribution in [0.4, 0.5) is 4.79 Å². The fraction of sp³-hybridized carbons (Fsp3) is 0.385. The lowest BCUT2D eigenvalue weighted by molar-refractivity contribution is 0.123. The summed E-state index contributed by atoms with van der Waals surface area (Å²) in [5.74, 6) is -0.118. The lowest BCUT2D eigenvalue weighted by Crippen LogP contribution is -2.36. The van der Waals surface area contributed by atoms with Gasteiger partial charge >= 0.3 is 6.09 Å². The fourth-order valence-corrected chi connectivity index (χ4v) is 1.72. The molecule has 0 spiro atoms. The first-order valence-electron chi connectivity index (χ1n) is 6.07. The first-order valence-corrected chi connectivity index (χ1v) is 6.07. The zero-order chi connectivity index (χ0) is 14.4. The predicted octanol–water partition coefficient (Wildman–Crippen LogP) is 2.27. The monoisotopic (exact) mass is 265 g/mol. The van der Waals surface area contributed by atoms with Crippen molar-refractivity contribution in [1.82, 2.24) is 10.4 Å². The van der Waals surface area contributed by atoms with Crippen LogP contribution in [0.5, 0.6) is 0 Å². The molecule has 0 aliphatic rings. The molecule has 0 fully saturated rings. The fourth-order valence-electron chi connectivity index (χ4n) is 1.72. The van der Waals surface area contributed by atoms with Crippen molar-refractivity contribution in [2.24, 2.45) is 0 Å². The molecule has 0 aromatic heterocycles. The maximum absolute atomic E-state index is 11.2. The highest BCUT2D eigenvalue weighted by Gasteiger charge is 2.18. The maximum Gasteiger partial charge on any atom is 0.407 e. The number of rotatable bonds is 5. The minimum atomic E-state index is -0.963. The summed E-state index contributed by atoms with van der Waals surface area (Å²) in [6.45, 7) is 4.05. The number of nitrogens with one attached hydrogen (secondary N) is 2. The largest absolute Gasteiger partial charge is 0.465 e. The van der Waals surface area contributed by atoms with Crippen LogP contribution in [-0.2, 0) is 6.54 Å². The highest BCUT2D eigenvalue weighted by Crippen LogP contribution is 2.12. The molecule has 0 radical (unpaired) electrons. The Morgan fingerprint density at radius 3 is 2.74 bits per heavy atom. The van der Waals surface area contributed by atoms with Crippen molar-refractivity contribution in [3.05, 3.63) is 35.4 Å². The van der Waals surface area contributed by atoms with E-state index < -0.39 is 6.09 Å². The molecule has 1 aromatic rings. The van der Waals surface area contributed by atoms with E-state index in [1.807, 2.05) is 13.8 Å². The van der Waals surface area contributed by atoms with Crippen molar-refractivity contribution in [1.29, 1.82) is 5.41 Å². The Hall–Kier alpha value is -2.08. The van der Waals surface area contributed by atoms with Gasteiger partial charge in [0.15, 0.2) is 0 Å².